The van der Waals surface area contributed by atoms with Gasteiger partial charge in [0.05, 0.1) is 6.61 Å². The van der Waals surface area contributed by atoms with Gasteiger partial charge >= 0.3 is 0 Å². The van der Waals surface area contributed by atoms with E-state index in [2.05, 4.69) is 40.3 Å². The summed E-state index contributed by atoms with van der Waals surface area (Å²) in [5.74, 6) is 0.247. The number of halogens is 3. The van der Waals surface area contributed by atoms with Gasteiger partial charge in [-0.3, -0.25) is 9.59 Å². The number of ether oxygens (including phenoxy) is 1. The third kappa shape index (κ3) is 8.41. The molecule has 0 bridgehead atoms. The fraction of sp³-hybridized carbons (Fsp3) is 0.240. The van der Waals surface area contributed by atoms with E-state index in [0.29, 0.717) is 60.4 Å². The number of ketones is 2. The number of nitrogens with one attached hydrogen (secondary N) is 2. The van der Waals surface area contributed by atoms with Gasteiger partial charge in [-0.15, -0.1) is 0 Å². The van der Waals surface area contributed by atoms with Gasteiger partial charge in [0, 0.05) is 63.7 Å². The van der Waals surface area contributed by atoms with E-state index >= 15 is 4.39 Å². The summed E-state index contributed by atoms with van der Waals surface area (Å²) >= 11 is 6.11. The van der Waals surface area contributed by atoms with Crippen molar-refractivity contribution in [3.63, 3.8) is 0 Å². The Bertz CT molecular complexity index is 2650. The molecule has 5 nitrogen and oxygen atoms in total. The zero-order valence-electron chi connectivity index (χ0n) is 32.5. The first-order valence-electron chi connectivity index (χ1n) is 20.2. The Hall–Kier alpha value is -5.79. The summed E-state index contributed by atoms with van der Waals surface area (Å²) < 4.78 is 35.7. The molecule has 8 rings (SSSR count). The van der Waals surface area contributed by atoms with Crippen LogP contribution in [-0.4, -0.2) is 28.1 Å². The predicted octanol–water partition coefficient (Wildman–Crippen LogP) is 13.3. The lowest BCUT2D eigenvalue weighted by atomic mass is 9.87. The van der Waals surface area contributed by atoms with E-state index in [1.807, 2.05) is 55.6 Å². The van der Waals surface area contributed by atoms with Crippen molar-refractivity contribution in [1.82, 2.24) is 9.97 Å². The summed E-state index contributed by atoms with van der Waals surface area (Å²) in [6, 6.07) is 32.1. The summed E-state index contributed by atoms with van der Waals surface area (Å²) in [5, 5.41) is 2.29. The van der Waals surface area contributed by atoms with Gasteiger partial charge in [0.15, 0.2) is 5.78 Å². The first-order valence-corrected chi connectivity index (χ1v) is 20.6. The molecule has 1 aliphatic carbocycles. The van der Waals surface area contributed by atoms with Crippen LogP contribution in [0.25, 0.3) is 44.2 Å². The van der Waals surface area contributed by atoms with Gasteiger partial charge in [0.2, 0.25) is 0 Å². The number of allylic oxidation sites excluding steroid dienone is 1. The third-order valence-corrected chi connectivity index (χ3v) is 11.5. The number of unbranched alkanes of at least 4 members (excludes halogenated alkanes) is 2. The van der Waals surface area contributed by atoms with E-state index < -0.39 is 5.82 Å². The SMILES string of the molecule is CC/C(=C(/c1ccc(OCCCCCC(=O)CCc2ccc(-c3[nH]c4cc(F)cc5c4c3CCCC5=O)cc2)cc1)c1ccc2[nH]ccc2c1)c1ccc(Cl)cc1F. The topological polar surface area (TPSA) is 75.0 Å². The monoisotopic (exact) mass is 794 g/mol. The second-order valence-corrected chi connectivity index (χ2v) is 15.6. The minimum absolute atomic E-state index is 0.00740. The van der Waals surface area contributed by atoms with Gasteiger partial charge in [-0.05, 0) is 144 Å². The first-order chi connectivity index (χ1) is 28.2. The highest BCUT2D eigenvalue weighted by Gasteiger charge is 2.24. The number of aromatic nitrogens is 2. The number of aromatic amines is 2. The number of carbonyl (C=O) groups is 2. The molecular formula is C50H45ClF2N2O3. The van der Waals surface area contributed by atoms with Crippen LogP contribution in [0.1, 0.15) is 96.5 Å². The van der Waals surface area contributed by atoms with Crippen molar-refractivity contribution in [1.29, 1.82) is 0 Å². The van der Waals surface area contributed by atoms with Crippen LogP contribution in [0.5, 0.6) is 5.75 Å². The molecule has 8 heteroatoms. The van der Waals surface area contributed by atoms with Gasteiger partial charge in [-0.1, -0.05) is 67.1 Å². The van der Waals surface area contributed by atoms with Gasteiger partial charge in [-0.25, -0.2) is 8.78 Å². The highest BCUT2D eigenvalue weighted by atomic mass is 35.5. The van der Waals surface area contributed by atoms with Crippen molar-refractivity contribution < 1.29 is 23.1 Å². The zero-order chi connectivity index (χ0) is 40.2. The van der Waals surface area contributed by atoms with Crippen LogP contribution in [-0.2, 0) is 17.6 Å². The van der Waals surface area contributed by atoms with Gasteiger partial charge in [0.25, 0.3) is 0 Å². The van der Waals surface area contributed by atoms with Crippen molar-refractivity contribution >= 4 is 56.1 Å². The number of hydrogen-bond donors (Lipinski definition) is 2. The molecule has 7 aromatic rings. The standard InChI is InChI=1S/C50H45ClF2N2O3/c1-2-40(41-22-18-36(51)28-44(41)53)48(35-17-23-45-34(27-35)24-25-54-45)32-15-20-39(21-16-32)58-26-5-3-4-7-38(56)19-12-31-10-13-33(14-11-31)50-42-8-6-9-47(57)43-29-37(52)30-46(55-50)49(42)43/h10-11,13-18,20-25,27-30,54-55H,2-9,12,19,26H2,1H3/b48-40+. The number of aryl methyl sites for hydroxylation is 2. The molecule has 2 aromatic heterocycles. The highest BCUT2D eigenvalue weighted by molar-refractivity contribution is 6.30. The lowest BCUT2D eigenvalue weighted by molar-refractivity contribution is -0.119. The quantitative estimate of drug-likeness (QED) is 0.0802. The number of fused-ring (bicyclic) bond motifs is 1. The van der Waals surface area contributed by atoms with Crippen LogP contribution in [0, 0.1) is 11.6 Å². The molecule has 294 valence electrons. The Labute approximate surface area is 342 Å². The number of hydrogen-bond acceptors (Lipinski definition) is 3. The molecule has 0 atom stereocenters. The van der Waals surface area contributed by atoms with E-state index in [4.69, 9.17) is 16.3 Å². The number of H-pyrrole nitrogens is 2. The molecule has 0 spiro atoms. The lowest BCUT2D eigenvalue weighted by Crippen LogP contribution is -2.02. The highest BCUT2D eigenvalue weighted by Crippen LogP contribution is 2.39. The number of rotatable bonds is 15. The van der Waals surface area contributed by atoms with E-state index in [1.54, 1.807) is 12.1 Å². The molecular weight excluding hydrogens is 750 g/mol. The maximum atomic E-state index is 15.3. The second-order valence-electron chi connectivity index (χ2n) is 15.2. The van der Waals surface area contributed by atoms with Crippen molar-refractivity contribution in [2.45, 2.75) is 71.1 Å². The van der Waals surface area contributed by atoms with E-state index in [1.165, 1.54) is 18.2 Å². The molecule has 0 fully saturated rings. The fourth-order valence-electron chi connectivity index (χ4n) is 8.36. The summed E-state index contributed by atoms with van der Waals surface area (Å²) in [4.78, 5) is 32.1. The summed E-state index contributed by atoms with van der Waals surface area (Å²) in [7, 11) is 0. The number of carbonyl (C=O) groups excluding carboxylic acids is 2. The van der Waals surface area contributed by atoms with Crippen molar-refractivity contribution in [2.75, 3.05) is 6.61 Å². The lowest BCUT2D eigenvalue weighted by Gasteiger charge is -2.18. The van der Waals surface area contributed by atoms with Crippen LogP contribution < -0.4 is 4.74 Å². The Kier molecular flexibility index (Phi) is 11.7. The van der Waals surface area contributed by atoms with Crippen molar-refractivity contribution in [3.05, 3.63) is 159 Å². The number of Topliss-reactive ketones (excluding diaryl/α,β-unsaturated/α-hetero) is 2. The Morgan fingerprint density at radius 1 is 0.810 bits per heavy atom. The molecule has 0 aliphatic heterocycles. The van der Waals surface area contributed by atoms with Crippen LogP contribution in [0.3, 0.4) is 0 Å². The number of benzene rings is 5. The first kappa shape index (κ1) is 39.1. The molecule has 1 aliphatic rings. The minimum Gasteiger partial charge on any atom is -0.494 e. The third-order valence-electron chi connectivity index (χ3n) is 11.3. The maximum Gasteiger partial charge on any atom is 0.163 e. The molecule has 0 radical (unpaired) electrons. The van der Waals surface area contributed by atoms with Gasteiger partial charge in [-0.2, -0.15) is 0 Å². The maximum absolute atomic E-state index is 15.3. The molecule has 58 heavy (non-hydrogen) atoms. The summed E-state index contributed by atoms with van der Waals surface area (Å²) in [5.41, 5.74) is 10.6. The molecule has 2 N–H and O–H groups in total. The smallest absolute Gasteiger partial charge is 0.163 e. The van der Waals surface area contributed by atoms with Crippen LogP contribution >= 0.6 is 11.6 Å². The van der Waals surface area contributed by atoms with Crippen molar-refractivity contribution in [2.24, 2.45) is 0 Å². The van der Waals surface area contributed by atoms with Crippen molar-refractivity contribution in [3.8, 4) is 17.0 Å². The summed E-state index contributed by atoms with van der Waals surface area (Å²) in [6.07, 6.45) is 8.71. The fourth-order valence-corrected chi connectivity index (χ4v) is 8.52. The van der Waals surface area contributed by atoms with E-state index in [-0.39, 0.29) is 17.4 Å². The van der Waals surface area contributed by atoms with Crippen LogP contribution in [0.15, 0.2) is 109 Å². The zero-order valence-corrected chi connectivity index (χ0v) is 33.3. The van der Waals surface area contributed by atoms with Crippen LogP contribution in [0.4, 0.5) is 8.78 Å². The summed E-state index contributed by atoms with van der Waals surface area (Å²) in [6.45, 7) is 2.59. The average molecular weight is 795 g/mol. The Morgan fingerprint density at radius 3 is 2.41 bits per heavy atom. The minimum atomic E-state index is -0.407. The largest absolute Gasteiger partial charge is 0.494 e. The van der Waals surface area contributed by atoms with Gasteiger partial charge < -0.3 is 14.7 Å². The molecule has 0 unspecified atom stereocenters. The Morgan fingerprint density at radius 2 is 1.62 bits per heavy atom. The molecule has 0 saturated carbocycles. The van der Waals surface area contributed by atoms with E-state index in [9.17, 15) is 14.0 Å². The Balaban J connectivity index is 0.828. The predicted molar refractivity (Wildman–Crippen MR) is 231 cm³/mol. The normalized spacial score (nSPS) is 13.2. The molecule has 5 aromatic carbocycles. The average Bonchev–Trinajstić information content (AvgIpc) is 3.81. The van der Waals surface area contributed by atoms with Crippen LogP contribution in [0.2, 0.25) is 5.02 Å². The molecule has 0 saturated heterocycles. The molecule has 0 amide bonds. The van der Waals surface area contributed by atoms with E-state index in [0.717, 1.165) is 98.8 Å². The van der Waals surface area contributed by atoms with Gasteiger partial charge in [0.1, 0.15) is 23.2 Å². The second kappa shape index (κ2) is 17.4. The molecule has 2 heterocycles.